The van der Waals surface area contributed by atoms with Crippen LogP contribution in [0.2, 0.25) is 0 Å². The summed E-state index contributed by atoms with van der Waals surface area (Å²) in [6.07, 6.45) is 3.83. The highest BCUT2D eigenvalue weighted by Crippen LogP contribution is 2.38. The van der Waals surface area contributed by atoms with E-state index in [1.807, 2.05) is 33.7 Å². The summed E-state index contributed by atoms with van der Waals surface area (Å²) in [7, 11) is 0. The van der Waals surface area contributed by atoms with Crippen molar-refractivity contribution in [2.24, 2.45) is 5.92 Å². The van der Waals surface area contributed by atoms with Crippen molar-refractivity contribution in [2.75, 3.05) is 6.54 Å². The third kappa shape index (κ3) is 2.26. The lowest BCUT2D eigenvalue weighted by atomic mass is 9.89. The summed E-state index contributed by atoms with van der Waals surface area (Å²) in [5, 5.41) is 8.50. The SMILES string of the molecule is CC1(C)OC(=O)C[C@@H]1C(=O)N1CCC[C@@H]1c1nnc2ccccn12. The van der Waals surface area contributed by atoms with Gasteiger partial charge >= 0.3 is 5.97 Å². The fourth-order valence-corrected chi connectivity index (χ4v) is 3.79. The second kappa shape index (κ2) is 5.29. The Balaban J connectivity index is 1.66. The highest BCUT2D eigenvalue weighted by Gasteiger charge is 2.49. The van der Waals surface area contributed by atoms with Gasteiger partial charge in [0.05, 0.1) is 18.4 Å². The van der Waals surface area contributed by atoms with Crippen LogP contribution in [0.3, 0.4) is 0 Å². The van der Waals surface area contributed by atoms with E-state index in [2.05, 4.69) is 10.2 Å². The molecule has 24 heavy (non-hydrogen) atoms. The van der Waals surface area contributed by atoms with Crippen molar-refractivity contribution in [3.05, 3.63) is 30.2 Å². The van der Waals surface area contributed by atoms with E-state index >= 15 is 0 Å². The first-order valence-corrected chi connectivity index (χ1v) is 8.29. The third-order valence-corrected chi connectivity index (χ3v) is 5.06. The molecule has 2 aliphatic rings. The maximum absolute atomic E-state index is 13.1. The molecule has 4 rings (SSSR count). The van der Waals surface area contributed by atoms with Crippen molar-refractivity contribution in [1.29, 1.82) is 0 Å². The molecule has 0 N–H and O–H groups in total. The largest absolute Gasteiger partial charge is 0.459 e. The Kier molecular flexibility index (Phi) is 3.33. The van der Waals surface area contributed by atoms with E-state index in [9.17, 15) is 9.59 Å². The molecule has 0 aliphatic carbocycles. The van der Waals surface area contributed by atoms with Crippen molar-refractivity contribution in [2.45, 2.75) is 44.8 Å². The molecule has 2 saturated heterocycles. The van der Waals surface area contributed by atoms with Crippen LogP contribution in [0.25, 0.3) is 5.65 Å². The monoisotopic (exact) mass is 328 g/mol. The van der Waals surface area contributed by atoms with Crippen molar-refractivity contribution in [3.8, 4) is 0 Å². The van der Waals surface area contributed by atoms with Gasteiger partial charge in [0.2, 0.25) is 5.91 Å². The molecular weight excluding hydrogens is 308 g/mol. The molecule has 2 atom stereocenters. The number of carbonyl (C=O) groups is 2. The molecule has 7 heteroatoms. The normalized spacial score (nSPS) is 26.1. The number of ether oxygens (including phenoxy) is 1. The average molecular weight is 328 g/mol. The first kappa shape index (κ1) is 15.1. The molecule has 0 bridgehead atoms. The molecule has 7 nitrogen and oxygen atoms in total. The molecular formula is C17H20N4O3. The number of cyclic esters (lactones) is 1. The summed E-state index contributed by atoms with van der Waals surface area (Å²) in [5.41, 5.74) is 0.0142. The van der Waals surface area contributed by atoms with Crippen LogP contribution in [0, 0.1) is 5.92 Å². The maximum Gasteiger partial charge on any atom is 0.307 e. The molecule has 2 aliphatic heterocycles. The van der Waals surface area contributed by atoms with Crippen LogP contribution in [0.15, 0.2) is 24.4 Å². The number of carbonyl (C=O) groups excluding carboxylic acids is 2. The summed E-state index contributed by atoms with van der Waals surface area (Å²) >= 11 is 0. The average Bonchev–Trinajstić information content (AvgIpc) is 3.22. The molecule has 0 saturated carbocycles. The molecule has 0 spiro atoms. The van der Waals surface area contributed by atoms with E-state index in [1.165, 1.54) is 0 Å². The number of amides is 1. The van der Waals surface area contributed by atoms with Gasteiger partial charge in [0.15, 0.2) is 11.5 Å². The Hall–Kier alpha value is -2.44. The van der Waals surface area contributed by atoms with Gasteiger partial charge in [-0.2, -0.15) is 0 Å². The number of hydrogen-bond acceptors (Lipinski definition) is 5. The first-order chi connectivity index (χ1) is 11.5. The fraction of sp³-hybridized carbons (Fsp3) is 0.529. The predicted molar refractivity (Wildman–Crippen MR) is 85.0 cm³/mol. The number of pyridine rings is 1. The van der Waals surface area contributed by atoms with Gasteiger partial charge in [-0.3, -0.25) is 14.0 Å². The zero-order chi connectivity index (χ0) is 16.9. The summed E-state index contributed by atoms with van der Waals surface area (Å²) in [5.74, 6) is 0.00680. The topological polar surface area (TPSA) is 76.8 Å². The number of hydrogen-bond donors (Lipinski definition) is 0. The van der Waals surface area contributed by atoms with Gasteiger partial charge in [0, 0.05) is 12.7 Å². The molecule has 0 aromatic carbocycles. The number of aromatic nitrogens is 3. The Labute approximate surface area is 139 Å². The minimum absolute atomic E-state index is 0.0268. The molecule has 4 heterocycles. The van der Waals surface area contributed by atoms with Crippen LogP contribution in [0.5, 0.6) is 0 Å². The Bertz CT molecular complexity index is 813. The summed E-state index contributed by atoms with van der Waals surface area (Å²) < 4.78 is 7.25. The van der Waals surface area contributed by atoms with Crippen LogP contribution in [0.4, 0.5) is 0 Å². The van der Waals surface area contributed by atoms with Gasteiger partial charge in [-0.25, -0.2) is 0 Å². The minimum Gasteiger partial charge on any atom is -0.459 e. The highest BCUT2D eigenvalue weighted by molar-refractivity contribution is 5.88. The lowest BCUT2D eigenvalue weighted by molar-refractivity contribution is -0.149. The second-order valence-electron chi connectivity index (χ2n) is 7.01. The molecule has 0 radical (unpaired) electrons. The van der Waals surface area contributed by atoms with Gasteiger partial charge in [0.25, 0.3) is 0 Å². The van der Waals surface area contributed by atoms with Gasteiger partial charge in [-0.05, 0) is 38.8 Å². The van der Waals surface area contributed by atoms with Crippen molar-refractivity contribution in [1.82, 2.24) is 19.5 Å². The lowest BCUT2D eigenvalue weighted by Crippen LogP contribution is -2.43. The predicted octanol–water partition coefficient (Wildman–Crippen LogP) is 1.73. The van der Waals surface area contributed by atoms with Crippen molar-refractivity contribution < 1.29 is 14.3 Å². The van der Waals surface area contributed by atoms with Gasteiger partial charge < -0.3 is 9.64 Å². The van der Waals surface area contributed by atoms with Crippen LogP contribution < -0.4 is 0 Å². The number of esters is 1. The van der Waals surface area contributed by atoms with E-state index < -0.39 is 11.5 Å². The second-order valence-corrected chi connectivity index (χ2v) is 7.01. The Morgan fingerprint density at radius 2 is 2.17 bits per heavy atom. The van der Waals surface area contributed by atoms with Gasteiger partial charge in [0.1, 0.15) is 5.60 Å². The highest BCUT2D eigenvalue weighted by atomic mass is 16.6. The van der Waals surface area contributed by atoms with E-state index in [4.69, 9.17) is 4.74 Å². The summed E-state index contributed by atoms with van der Waals surface area (Å²) in [4.78, 5) is 26.6. The van der Waals surface area contributed by atoms with E-state index in [-0.39, 0.29) is 24.3 Å². The molecule has 2 aromatic heterocycles. The van der Waals surface area contributed by atoms with Crippen LogP contribution >= 0.6 is 0 Å². The number of nitrogens with zero attached hydrogens (tertiary/aromatic N) is 4. The van der Waals surface area contributed by atoms with Crippen LogP contribution in [-0.4, -0.2) is 43.5 Å². The number of likely N-dealkylation sites (tertiary alicyclic amines) is 1. The molecule has 126 valence electrons. The zero-order valence-corrected chi connectivity index (χ0v) is 13.8. The van der Waals surface area contributed by atoms with E-state index in [1.54, 1.807) is 13.8 Å². The first-order valence-electron chi connectivity index (χ1n) is 8.29. The van der Waals surface area contributed by atoms with E-state index in [0.29, 0.717) is 6.54 Å². The Morgan fingerprint density at radius 1 is 1.33 bits per heavy atom. The molecule has 2 fully saturated rings. The van der Waals surface area contributed by atoms with E-state index in [0.717, 1.165) is 24.3 Å². The van der Waals surface area contributed by atoms with Gasteiger partial charge in [-0.15, -0.1) is 10.2 Å². The van der Waals surface area contributed by atoms with Crippen molar-refractivity contribution >= 4 is 17.5 Å². The number of fused-ring (bicyclic) bond motifs is 1. The minimum atomic E-state index is -0.756. The number of rotatable bonds is 2. The van der Waals surface area contributed by atoms with Gasteiger partial charge in [-0.1, -0.05) is 6.07 Å². The maximum atomic E-state index is 13.1. The van der Waals surface area contributed by atoms with Crippen LogP contribution in [0.1, 0.15) is 45.0 Å². The van der Waals surface area contributed by atoms with Crippen molar-refractivity contribution in [3.63, 3.8) is 0 Å². The standard InChI is InChI=1S/C17H20N4O3/c1-17(2)11(10-14(22)24-17)16(23)20-9-5-6-12(20)15-19-18-13-7-3-4-8-21(13)15/h3-4,7-8,11-12H,5-6,9-10H2,1-2H3/t11-,12-/m1/s1. The zero-order valence-electron chi connectivity index (χ0n) is 13.8. The summed E-state index contributed by atoms with van der Waals surface area (Å²) in [6.45, 7) is 4.28. The quantitative estimate of drug-likeness (QED) is 0.785. The third-order valence-electron chi connectivity index (χ3n) is 5.06. The molecule has 1 amide bonds. The fourth-order valence-electron chi connectivity index (χ4n) is 3.79. The lowest BCUT2D eigenvalue weighted by Gasteiger charge is -2.30. The van der Waals surface area contributed by atoms with Crippen LogP contribution in [-0.2, 0) is 14.3 Å². The smallest absolute Gasteiger partial charge is 0.307 e. The Morgan fingerprint density at radius 3 is 2.92 bits per heavy atom. The molecule has 0 unspecified atom stereocenters. The summed E-state index contributed by atoms with van der Waals surface area (Å²) in [6, 6.07) is 5.62. The molecule has 2 aromatic rings.